The fraction of sp³-hybridized carbons (Fsp3) is 0.800. The van der Waals surface area contributed by atoms with Crippen LogP contribution in [0.3, 0.4) is 0 Å². The number of nitrogens with one attached hydrogen (secondary N) is 1. The summed E-state index contributed by atoms with van der Waals surface area (Å²) in [6, 6.07) is 0.0643. The molecule has 0 radical (unpaired) electrons. The minimum atomic E-state index is 0.0643. The topological polar surface area (TPSA) is 65.1 Å². The third-order valence-corrected chi connectivity index (χ3v) is 4.54. The van der Waals surface area contributed by atoms with Gasteiger partial charge in [0.2, 0.25) is 5.91 Å². The molecular formula is C15H25N5O. The summed E-state index contributed by atoms with van der Waals surface area (Å²) in [7, 11) is 0. The van der Waals surface area contributed by atoms with Crippen molar-refractivity contribution in [2.75, 3.05) is 26.2 Å². The van der Waals surface area contributed by atoms with E-state index in [1.54, 1.807) is 0 Å². The van der Waals surface area contributed by atoms with Gasteiger partial charge in [-0.3, -0.25) is 14.8 Å². The van der Waals surface area contributed by atoms with Gasteiger partial charge in [0, 0.05) is 6.54 Å². The number of hydrogen-bond donors (Lipinski definition) is 1. The highest BCUT2D eigenvalue weighted by atomic mass is 16.2. The van der Waals surface area contributed by atoms with Crippen molar-refractivity contribution in [1.29, 1.82) is 0 Å². The molecule has 0 unspecified atom stereocenters. The normalized spacial score (nSPS) is 24.2. The fourth-order valence-electron chi connectivity index (χ4n) is 3.42. The molecule has 2 aliphatic rings. The van der Waals surface area contributed by atoms with Crippen molar-refractivity contribution in [2.24, 2.45) is 0 Å². The third kappa shape index (κ3) is 3.43. The van der Waals surface area contributed by atoms with Crippen molar-refractivity contribution in [1.82, 2.24) is 25.0 Å². The van der Waals surface area contributed by atoms with Crippen molar-refractivity contribution in [3.8, 4) is 0 Å². The maximum Gasteiger partial charge on any atom is 0.237 e. The van der Waals surface area contributed by atoms with Gasteiger partial charge >= 0.3 is 0 Å². The Kier molecular flexibility index (Phi) is 4.53. The molecule has 0 aromatic carbocycles. The molecule has 0 saturated carbocycles. The molecule has 0 aliphatic carbocycles. The Hall–Kier alpha value is -1.43. The summed E-state index contributed by atoms with van der Waals surface area (Å²) in [5.74, 6) is 1.83. The van der Waals surface area contributed by atoms with Gasteiger partial charge < -0.3 is 4.90 Å². The highest BCUT2D eigenvalue weighted by Crippen LogP contribution is 2.29. The van der Waals surface area contributed by atoms with Gasteiger partial charge in [0.25, 0.3) is 0 Å². The van der Waals surface area contributed by atoms with Gasteiger partial charge in [-0.25, -0.2) is 4.98 Å². The zero-order valence-electron chi connectivity index (χ0n) is 12.8. The van der Waals surface area contributed by atoms with Crippen LogP contribution in [0.1, 0.15) is 56.2 Å². The molecule has 3 heterocycles. The second-order valence-electron chi connectivity index (χ2n) is 6.21. The first-order valence-corrected chi connectivity index (χ1v) is 8.15. The van der Waals surface area contributed by atoms with Crippen molar-refractivity contribution in [3.05, 3.63) is 11.6 Å². The van der Waals surface area contributed by atoms with Crippen molar-refractivity contribution >= 4 is 5.91 Å². The first-order valence-electron chi connectivity index (χ1n) is 8.15. The monoisotopic (exact) mass is 291 g/mol. The van der Waals surface area contributed by atoms with Crippen molar-refractivity contribution in [3.63, 3.8) is 0 Å². The highest BCUT2D eigenvalue weighted by Gasteiger charge is 2.33. The Labute approximate surface area is 125 Å². The number of amides is 1. The van der Waals surface area contributed by atoms with Crippen molar-refractivity contribution in [2.45, 2.75) is 51.5 Å². The van der Waals surface area contributed by atoms with Crippen LogP contribution in [0.25, 0.3) is 0 Å². The van der Waals surface area contributed by atoms with Crippen LogP contribution in [0.4, 0.5) is 0 Å². The maximum absolute atomic E-state index is 12.6. The molecule has 1 aromatic rings. The van der Waals surface area contributed by atoms with Crippen LogP contribution in [-0.2, 0) is 4.79 Å². The molecule has 1 amide bonds. The van der Waals surface area contributed by atoms with Gasteiger partial charge in [-0.05, 0) is 45.7 Å². The molecule has 0 spiro atoms. The first kappa shape index (κ1) is 14.5. The van der Waals surface area contributed by atoms with Crippen LogP contribution in [-0.4, -0.2) is 57.1 Å². The molecule has 2 saturated heterocycles. The zero-order valence-corrected chi connectivity index (χ0v) is 12.8. The SMILES string of the molecule is Cc1nc([C@@H]2CCCN2C(=O)CN2CCCCCC2)n[nH]1. The summed E-state index contributed by atoms with van der Waals surface area (Å²) in [6.07, 6.45) is 7.06. The summed E-state index contributed by atoms with van der Waals surface area (Å²) >= 11 is 0. The molecule has 1 atom stereocenters. The lowest BCUT2D eigenvalue weighted by atomic mass is 10.2. The number of aromatic amines is 1. The fourth-order valence-corrected chi connectivity index (χ4v) is 3.42. The lowest BCUT2D eigenvalue weighted by molar-refractivity contribution is -0.133. The standard InChI is InChI=1S/C15H25N5O/c1-12-16-15(18-17-12)13-7-6-10-20(13)14(21)11-19-8-4-2-3-5-9-19/h13H,2-11H2,1H3,(H,16,17,18)/t13-/m0/s1. The van der Waals surface area contributed by atoms with Crippen LogP contribution in [0.15, 0.2) is 0 Å². The number of nitrogens with zero attached hydrogens (tertiary/aromatic N) is 4. The Balaban J connectivity index is 1.62. The minimum absolute atomic E-state index is 0.0643. The lowest BCUT2D eigenvalue weighted by Crippen LogP contribution is -2.40. The molecule has 3 rings (SSSR count). The van der Waals surface area contributed by atoms with E-state index in [2.05, 4.69) is 20.1 Å². The molecule has 6 heteroatoms. The van der Waals surface area contributed by atoms with Crippen LogP contribution >= 0.6 is 0 Å². The van der Waals surface area contributed by atoms with Crippen LogP contribution < -0.4 is 0 Å². The zero-order chi connectivity index (χ0) is 14.7. The predicted molar refractivity (Wildman–Crippen MR) is 79.7 cm³/mol. The predicted octanol–water partition coefficient (Wildman–Crippen LogP) is 1.65. The number of hydrogen-bond acceptors (Lipinski definition) is 4. The Morgan fingerprint density at radius 1 is 1.19 bits per heavy atom. The number of rotatable bonds is 3. The summed E-state index contributed by atoms with van der Waals surface area (Å²) in [5.41, 5.74) is 0. The van der Waals surface area contributed by atoms with Gasteiger partial charge in [0.15, 0.2) is 5.82 Å². The van der Waals surface area contributed by atoms with E-state index in [-0.39, 0.29) is 11.9 Å². The molecule has 1 N–H and O–H groups in total. The lowest BCUT2D eigenvalue weighted by Gasteiger charge is -2.26. The third-order valence-electron chi connectivity index (χ3n) is 4.54. The molecule has 21 heavy (non-hydrogen) atoms. The number of likely N-dealkylation sites (tertiary alicyclic amines) is 2. The second kappa shape index (κ2) is 6.56. The molecule has 0 bridgehead atoms. The summed E-state index contributed by atoms with van der Waals surface area (Å²) in [6.45, 7) is 5.41. The van der Waals surface area contributed by atoms with Crippen LogP contribution in [0, 0.1) is 6.92 Å². The Morgan fingerprint density at radius 3 is 2.62 bits per heavy atom. The van der Waals surface area contributed by atoms with E-state index in [0.29, 0.717) is 6.54 Å². The summed E-state index contributed by atoms with van der Waals surface area (Å²) in [4.78, 5) is 21.3. The molecular weight excluding hydrogens is 266 g/mol. The van der Waals surface area contributed by atoms with Gasteiger partial charge in [-0.2, -0.15) is 5.10 Å². The second-order valence-corrected chi connectivity index (χ2v) is 6.21. The average Bonchev–Trinajstić information content (AvgIpc) is 3.03. The molecule has 6 nitrogen and oxygen atoms in total. The first-order chi connectivity index (χ1) is 10.2. The van der Waals surface area contributed by atoms with E-state index in [1.807, 2.05) is 11.8 Å². The van der Waals surface area contributed by atoms with Gasteiger partial charge in [0.05, 0.1) is 12.6 Å². The van der Waals surface area contributed by atoms with E-state index < -0.39 is 0 Å². The Morgan fingerprint density at radius 2 is 1.95 bits per heavy atom. The average molecular weight is 291 g/mol. The number of carbonyl (C=O) groups excluding carboxylic acids is 1. The quantitative estimate of drug-likeness (QED) is 0.919. The van der Waals surface area contributed by atoms with E-state index in [4.69, 9.17) is 0 Å². The largest absolute Gasteiger partial charge is 0.331 e. The number of H-pyrrole nitrogens is 1. The minimum Gasteiger partial charge on any atom is -0.331 e. The van der Waals surface area contributed by atoms with Crippen molar-refractivity contribution < 1.29 is 4.79 Å². The summed E-state index contributed by atoms with van der Waals surface area (Å²) < 4.78 is 0. The highest BCUT2D eigenvalue weighted by molar-refractivity contribution is 5.79. The van der Waals surface area contributed by atoms with Gasteiger partial charge in [-0.1, -0.05) is 12.8 Å². The van der Waals surface area contributed by atoms with E-state index in [9.17, 15) is 4.79 Å². The number of aryl methyl sites for hydroxylation is 1. The maximum atomic E-state index is 12.6. The van der Waals surface area contributed by atoms with E-state index >= 15 is 0 Å². The molecule has 2 fully saturated rings. The molecule has 116 valence electrons. The van der Waals surface area contributed by atoms with Gasteiger partial charge in [0.1, 0.15) is 5.82 Å². The molecule has 2 aliphatic heterocycles. The smallest absolute Gasteiger partial charge is 0.237 e. The van der Waals surface area contributed by atoms with Gasteiger partial charge in [-0.15, -0.1) is 0 Å². The summed E-state index contributed by atoms with van der Waals surface area (Å²) in [5, 5.41) is 7.13. The van der Waals surface area contributed by atoms with E-state index in [0.717, 1.165) is 44.1 Å². The van der Waals surface area contributed by atoms with Crippen LogP contribution in [0.5, 0.6) is 0 Å². The van der Waals surface area contributed by atoms with E-state index in [1.165, 1.54) is 25.7 Å². The Bertz CT molecular complexity index is 478. The van der Waals surface area contributed by atoms with Crippen LogP contribution in [0.2, 0.25) is 0 Å². The molecule has 1 aromatic heterocycles. The number of carbonyl (C=O) groups is 1. The number of aromatic nitrogens is 3.